The van der Waals surface area contributed by atoms with Crippen molar-refractivity contribution in [1.29, 1.82) is 0 Å². The van der Waals surface area contributed by atoms with Gasteiger partial charge in [0, 0.05) is 23.4 Å². The molecule has 0 radical (unpaired) electrons. The predicted molar refractivity (Wildman–Crippen MR) is 127 cm³/mol. The van der Waals surface area contributed by atoms with Gasteiger partial charge in [0.25, 0.3) is 0 Å². The quantitative estimate of drug-likeness (QED) is 0.406. The van der Waals surface area contributed by atoms with Gasteiger partial charge >= 0.3 is 0 Å². The van der Waals surface area contributed by atoms with E-state index >= 15 is 0 Å². The van der Waals surface area contributed by atoms with Crippen molar-refractivity contribution in [3.63, 3.8) is 0 Å². The number of ether oxygens (including phenoxy) is 1. The van der Waals surface area contributed by atoms with Crippen molar-refractivity contribution >= 4 is 34.6 Å². The highest BCUT2D eigenvalue weighted by molar-refractivity contribution is 5.97. The van der Waals surface area contributed by atoms with Crippen LogP contribution >= 0.6 is 0 Å². The number of rotatable bonds is 6. The summed E-state index contributed by atoms with van der Waals surface area (Å²) in [6.07, 6.45) is 7.11. The molecule has 0 atom stereocenters. The summed E-state index contributed by atoms with van der Waals surface area (Å²) in [4.78, 5) is 7.73. The van der Waals surface area contributed by atoms with Gasteiger partial charge in [-0.1, -0.05) is 43.0 Å². The van der Waals surface area contributed by atoms with Crippen molar-refractivity contribution in [2.75, 3.05) is 12.8 Å². The summed E-state index contributed by atoms with van der Waals surface area (Å²) in [7, 11) is 1.64. The van der Waals surface area contributed by atoms with Gasteiger partial charge in [0.2, 0.25) is 0 Å². The van der Waals surface area contributed by atoms with Gasteiger partial charge in [0.15, 0.2) is 0 Å². The fourth-order valence-electron chi connectivity index (χ4n) is 3.44. The van der Waals surface area contributed by atoms with Gasteiger partial charge < -0.3 is 21.2 Å². The highest BCUT2D eigenvalue weighted by Crippen LogP contribution is 2.33. The molecule has 0 bridgehead atoms. The van der Waals surface area contributed by atoms with Crippen LogP contribution in [0.1, 0.15) is 17.2 Å². The first-order chi connectivity index (χ1) is 15.0. The molecule has 2 aromatic heterocycles. The number of nitrogens with zero attached hydrogens (tertiary/aromatic N) is 3. The number of nitrogen functional groups attached to an aromatic ring is 1. The van der Waals surface area contributed by atoms with Gasteiger partial charge in [0.05, 0.1) is 18.5 Å². The Kier molecular flexibility index (Phi) is 5.32. The number of aromatic amines is 1. The molecule has 2 aromatic carbocycles. The SMILES string of the molecule is C=C/C=C\c1nc(/C=C(\N)n2nc(-c3cc(OC)cc4ccccc34)cc2N)[nH]c1C. The molecule has 0 amide bonds. The maximum Gasteiger partial charge on any atom is 0.134 e. The van der Waals surface area contributed by atoms with E-state index in [0.29, 0.717) is 23.2 Å². The van der Waals surface area contributed by atoms with E-state index in [1.54, 1.807) is 25.3 Å². The number of fused-ring (bicyclic) bond motifs is 1. The van der Waals surface area contributed by atoms with E-state index in [1.807, 2.05) is 55.5 Å². The summed E-state index contributed by atoms with van der Waals surface area (Å²) in [6, 6.07) is 13.8. The second-order valence-corrected chi connectivity index (χ2v) is 7.06. The number of hydrogen-bond donors (Lipinski definition) is 3. The van der Waals surface area contributed by atoms with E-state index in [0.717, 1.165) is 33.5 Å². The molecule has 0 aliphatic rings. The lowest BCUT2D eigenvalue weighted by Gasteiger charge is -2.08. The van der Waals surface area contributed by atoms with E-state index < -0.39 is 0 Å². The summed E-state index contributed by atoms with van der Waals surface area (Å²) in [6.45, 7) is 5.62. The lowest BCUT2D eigenvalue weighted by Crippen LogP contribution is -2.10. The zero-order valence-electron chi connectivity index (χ0n) is 17.5. The molecular formula is C24H24N6O. The Morgan fingerprint density at radius 1 is 1.23 bits per heavy atom. The zero-order chi connectivity index (χ0) is 22.0. The van der Waals surface area contributed by atoms with Gasteiger partial charge in [-0.3, -0.25) is 0 Å². The molecule has 4 aromatic rings. The predicted octanol–water partition coefficient (Wildman–Crippen LogP) is 4.44. The summed E-state index contributed by atoms with van der Waals surface area (Å²) >= 11 is 0. The number of aryl methyl sites for hydroxylation is 1. The minimum Gasteiger partial charge on any atom is -0.497 e. The topological polar surface area (TPSA) is 108 Å². The van der Waals surface area contributed by atoms with E-state index in [-0.39, 0.29) is 0 Å². The maximum absolute atomic E-state index is 6.31. The first-order valence-corrected chi connectivity index (χ1v) is 9.76. The number of aromatic nitrogens is 4. The second kappa shape index (κ2) is 8.23. The molecule has 7 heteroatoms. The van der Waals surface area contributed by atoms with Crippen LogP contribution < -0.4 is 16.2 Å². The molecule has 4 rings (SSSR count). The third-order valence-electron chi connectivity index (χ3n) is 4.94. The Balaban J connectivity index is 1.75. The number of methoxy groups -OCH3 is 1. The molecule has 0 unspecified atom stereocenters. The van der Waals surface area contributed by atoms with Crippen molar-refractivity contribution in [3.8, 4) is 17.0 Å². The minimum atomic E-state index is 0.351. The lowest BCUT2D eigenvalue weighted by molar-refractivity contribution is 0.415. The van der Waals surface area contributed by atoms with Crippen molar-refractivity contribution < 1.29 is 4.74 Å². The van der Waals surface area contributed by atoms with Crippen molar-refractivity contribution in [2.24, 2.45) is 5.73 Å². The van der Waals surface area contributed by atoms with Gasteiger partial charge in [-0.15, -0.1) is 0 Å². The molecule has 31 heavy (non-hydrogen) atoms. The molecule has 156 valence electrons. The largest absolute Gasteiger partial charge is 0.497 e. The smallest absolute Gasteiger partial charge is 0.134 e. The Morgan fingerprint density at radius 2 is 2.03 bits per heavy atom. The normalized spacial score (nSPS) is 12.0. The molecule has 0 fully saturated rings. The third kappa shape index (κ3) is 3.93. The Labute approximate surface area is 180 Å². The number of nitrogens with two attached hydrogens (primary N) is 2. The fraction of sp³-hybridized carbons (Fsp3) is 0.0833. The van der Waals surface area contributed by atoms with Crippen molar-refractivity contribution in [1.82, 2.24) is 19.7 Å². The second-order valence-electron chi connectivity index (χ2n) is 7.06. The minimum absolute atomic E-state index is 0.351. The maximum atomic E-state index is 6.31. The van der Waals surface area contributed by atoms with Crippen LogP contribution in [0, 0.1) is 6.92 Å². The molecule has 2 heterocycles. The molecule has 0 saturated heterocycles. The number of H-pyrrole nitrogens is 1. The van der Waals surface area contributed by atoms with E-state index in [9.17, 15) is 0 Å². The third-order valence-corrected chi connectivity index (χ3v) is 4.94. The zero-order valence-corrected chi connectivity index (χ0v) is 17.5. The number of hydrogen-bond acceptors (Lipinski definition) is 5. The highest BCUT2D eigenvalue weighted by atomic mass is 16.5. The molecular weight excluding hydrogens is 388 g/mol. The lowest BCUT2D eigenvalue weighted by atomic mass is 10.0. The molecule has 5 N–H and O–H groups in total. The molecule has 0 saturated carbocycles. The average molecular weight is 412 g/mol. The van der Waals surface area contributed by atoms with Crippen molar-refractivity contribution in [3.05, 3.63) is 78.4 Å². The Hall–Kier alpha value is -4.26. The van der Waals surface area contributed by atoms with Gasteiger partial charge in [-0.2, -0.15) is 5.10 Å². The standard InChI is InChI=1S/C24H24N6O/c1-4-5-10-20-15(2)27-24(28-20)14-23(26)30-22(25)13-21(29-30)19-12-17(31-3)11-16-8-6-7-9-18(16)19/h4-14H,1,25-26H2,2-3H3,(H,27,28)/b10-5-,23-14+. The number of anilines is 1. The van der Waals surface area contributed by atoms with E-state index in [4.69, 9.17) is 16.2 Å². The summed E-state index contributed by atoms with van der Waals surface area (Å²) in [5, 5.41) is 6.76. The van der Waals surface area contributed by atoms with Crippen LogP contribution in [0.4, 0.5) is 5.82 Å². The molecule has 0 spiro atoms. The Morgan fingerprint density at radius 3 is 2.81 bits per heavy atom. The van der Waals surface area contributed by atoms with Gasteiger partial charge in [-0.25, -0.2) is 9.67 Å². The summed E-state index contributed by atoms with van der Waals surface area (Å²) in [5.41, 5.74) is 15.9. The van der Waals surface area contributed by atoms with Crippen LogP contribution in [0.15, 0.2) is 61.2 Å². The van der Waals surface area contributed by atoms with Gasteiger partial charge in [0.1, 0.15) is 23.2 Å². The van der Waals surface area contributed by atoms with E-state index in [2.05, 4.69) is 21.6 Å². The van der Waals surface area contributed by atoms with Crippen molar-refractivity contribution in [2.45, 2.75) is 6.92 Å². The number of benzene rings is 2. The fourth-order valence-corrected chi connectivity index (χ4v) is 3.44. The summed E-state index contributed by atoms with van der Waals surface area (Å²) in [5.74, 6) is 2.13. The number of nitrogens with one attached hydrogen (secondary N) is 1. The van der Waals surface area contributed by atoms with Crippen LogP contribution in [0.3, 0.4) is 0 Å². The van der Waals surface area contributed by atoms with Crippen LogP contribution in [-0.2, 0) is 0 Å². The first-order valence-electron chi connectivity index (χ1n) is 9.76. The van der Waals surface area contributed by atoms with Gasteiger partial charge in [-0.05, 0) is 35.9 Å². The first kappa shape index (κ1) is 20.0. The molecule has 0 aliphatic heterocycles. The number of allylic oxidation sites excluding steroid dienone is 2. The highest BCUT2D eigenvalue weighted by Gasteiger charge is 2.14. The monoisotopic (exact) mass is 412 g/mol. The average Bonchev–Trinajstić information content (AvgIpc) is 3.33. The van der Waals surface area contributed by atoms with E-state index in [1.165, 1.54) is 4.68 Å². The molecule has 0 aliphatic carbocycles. The number of imidazole rings is 1. The van der Waals surface area contributed by atoms with Crippen LogP contribution in [-0.4, -0.2) is 26.9 Å². The Bertz CT molecular complexity index is 1330. The molecule has 7 nitrogen and oxygen atoms in total. The van der Waals surface area contributed by atoms with Crippen LogP contribution in [0.5, 0.6) is 5.75 Å². The van der Waals surface area contributed by atoms with Crippen LogP contribution in [0.25, 0.3) is 40.0 Å². The van der Waals surface area contributed by atoms with Crippen LogP contribution in [0.2, 0.25) is 0 Å². The summed E-state index contributed by atoms with van der Waals surface area (Å²) < 4.78 is 6.96.